The summed E-state index contributed by atoms with van der Waals surface area (Å²) in [7, 11) is -3.54. The minimum atomic E-state index is -3.54. The zero-order valence-corrected chi connectivity index (χ0v) is 20.1. The number of amides is 1. The minimum Gasteiger partial charge on any atom is -0.322 e. The average molecular weight is 487 g/mol. The van der Waals surface area contributed by atoms with Gasteiger partial charge in [0.2, 0.25) is 10.0 Å². The minimum absolute atomic E-state index is 0.229. The van der Waals surface area contributed by atoms with Gasteiger partial charge in [0.25, 0.3) is 5.91 Å². The van der Waals surface area contributed by atoms with Crippen LogP contribution in [0.25, 0.3) is 0 Å². The molecule has 4 rings (SSSR count). The van der Waals surface area contributed by atoms with Crippen molar-refractivity contribution >= 4 is 33.2 Å². The highest BCUT2D eigenvalue weighted by Gasteiger charge is 2.25. The molecule has 0 saturated carbocycles. The van der Waals surface area contributed by atoms with Crippen LogP contribution in [-0.2, 0) is 16.6 Å². The lowest BCUT2D eigenvalue weighted by Crippen LogP contribution is -2.31. The molecule has 1 amide bonds. The second-order valence-electron chi connectivity index (χ2n) is 8.19. The summed E-state index contributed by atoms with van der Waals surface area (Å²) >= 11 is 6.48. The fourth-order valence-electron chi connectivity index (χ4n) is 4.01. The van der Waals surface area contributed by atoms with E-state index in [4.69, 9.17) is 11.6 Å². The third kappa shape index (κ3) is 5.29. The standard InChI is InChI=1S/C24H27ClN4O3S/c1-18-22(23(25)29(27-18)17-19-9-5-4-6-10-19)24(30)26-20-11-13-21(14-12-20)33(31,32)28-15-7-2-3-8-16-28/h4-6,9-14H,2-3,7-8,15-17H2,1H3,(H,26,30). The highest BCUT2D eigenvalue weighted by atomic mass is 35.5. The first kappa shape index (κ1) is 23.5. The van der Waals surface area contributed by atoms with Crippen LogP contribution in [0.5, 0.6) is 0 Å². The molecular weight excluding hydrogens is 460 g/mol. The molecule has 1 aliphatic heterocycles. The zero-order valence-electron chi connectivity index (χ0n) is 18.5. The number of nitrogens with zero attached hydrogens (tertiary/aromatic N) is 3. The summed E-state index contributed by atoms with van der Waals surface area (Å²) < 4.78 is 29.0. The second kappa shape index (κ2) is 10.1. The van der Waals surface area contributed by atoms with E-state index in [1.54, 1.807) is 28.0 Å². The Kier molecular flexibility index (Phi) is 7.17. The summed E-state index contributed by atoms with van der Waals surface area (Å²) in [5, 5.41) is 7.47. The van der Waals surface area contributed by atoms with Crippen LogP contribution in [0.2, 0.25) is 5.15 Å². The van der Waals surface area contributed by atoms with Crippen molar-refractivity contribution in [2.45, 2.75) is 44.0 Å². The van der Waals surface area contributed by atoms with E-state index in [0.717, 1.165) is 31.2 Å². The molecule has 0 spiro atoms. The van der Waals surface area contributed by atoms with Gasteiger partial charge in [-0.3, -0.25) is 4.79 Å². The van der Waals surface area contributed by atoms with Crippen molar-refractivity contribution < 1.29 is 13.2 Å². The van der Waals surface area contributed by atoms with Gasteiger partial charge >= 0.3 is 0 Å². The molecule has 9 heteroatoms. The van der Waals surface area contributed by atoms with E-state index in [1.165, 1.54) is 12.1 Å². The molecule has 0 unspecified atom stereocenters. The molecule has 33 heavy (non-hydrogen) atoms. The third-order valence-corrected chi connectivity index (χ3v) is 8.08. The number of sulfonamides is 1. The van der Waals surface area contributed by atoms with Crippen LogP contribution in [0.15, 0.2) is 59.5 Å². The van der Waals surface area contributed by atoms with Gasteiger partial charge in [-0.2, -0.15) is 9.40 Å². The number of halogens is 1. The lowest BCUT2D eigenvalue weighted by atomic mass is 10.2. The predicted molar refractivity (Wildman–Crippen MR) is 129 cm³/mol. The summed E-state index contributed by atoms with van der Waals surface area (Å²) in [5.74, 6) is -0.389. The molecule has 1 aromatic heterocycles. The smallest absolute Gasteiger partial charge is 0.260 e. The molecule has 3 aromatic rings. The number of aryl methyl sites for hydroxylation is 1. The maximum atomic E-state index is 12.9. The molecule has 2 aromatic carbocycles. The van der Waals surface area contributed by atoms with Crippen molar-refractivity contribution in [2.24, 2.45) is 0 Å². The monoisotopic (exact) mass is 486 g/mol. The van der Waals surface area contributed by atoms with E-state index >= 15 is 0 Å². The summed E-state index contributed by atoms with van der Waals surface area (Å²) in [4.78, 5) is 13.1. The van der Waals surface area contributed by atoms with Gasteiger partial charge in [-0.15, -0.1) is 0 Å². The van der Waals surface area contributed by atoms with Gasteiger partial charge in [-0.05, 0) is 49.6 Å². The molecule has 1 fully saturated rings. The van der Waals surface area contributed by atoms with E-state index in [9.17, 15) is 13.2 Å². The predicted octanol–water partition coefficient (Wildman–Crippen LogP) is 4.71. The second-order valence-corrected chi connectivity index (χ2v) is 10.5. The van der Waals surface area contributed by atoms with Crippen LogP contribution >= 0.6 is 11.6 Å². The van der Waals surface area contributed by atoms with E-state index < -0.39 is 10.0 Å². The lowest BCUT2D eigenvalue weighted by molar-refractivity contribution is 0.102. The van der Waals surface area contributed by atoms with Crippen LogP contribution in [0, 0.1) is 6.92 Å². The zero-order chi connectivity index (χ0) is 23.4. The van der Waals surface area contributed by atoms with Crippen LogP contribution in [0.4, 0.5) is 5.69 Å². The van der Waals surface area contributed by atoms with E-state index in [1.807, 2.05) is 30.3 Å². The van der Waals surface area contributed by atoms with Gasteiger partial charge in [0.15, 0.2) is 0 Å². The Morgan fingerprint density at radius 1 is 1.00 bits per heavy atom. The van der Waals surface area contributed by atoms with Gasteiger partial charge in [-0.25, -0.2) is 13.1 Å². The number of nitrogens with one attached hydrogen (secondary N) is 1. The molecule has 1 N–H and O–H groups in total. The Hall–Kier alpha value is -2.68. The largest absolute Gasteiger partial charge is 0.322 e. The molecule has 1 aliphatic rings. The van der Waals surface area contributed by atoms with Crippen LogP contribution < -0.4 is 5.32 Å². The number of aromatic nitrogens is 2. The molecule has 0 bridgehead atoms. The quantitative estimate of drug-likeness (QED) is 0.546. The Balaban J connectivity index is 1.48. The maximum absolute atomic E-state index is 12.9. The number of anilines is 1. The third-order valence-electron chi connectivity index (χ3n) is 5.78. The topological polar surface area (TPSA) is 84.3 Å². The van der Waals surface area contributed by atoms with Crippen molar-refractivity contribution in [3.8, 4) is 0 Å². The van der Waals surface area contributed by atoms with Crippen molar-refractivity contribution in [1.82, 2.24) is 14.1 Å². The maximum Gasteiger partial charge on any atom is 0.260 e. The molecule has 174 valence electrons. The van der Waals surface area contributed by atoms with E-state index in [-0.39, 0.29) is 16.0 Å². The Bertz CT molecular complexity index is 1220. The average Bonchev–Trinajstić information content (AvgIpc) is 2.98. The Morgan fingerprint density at radius 3 is 2.27 bits per heavy atom. The fraction of sp³-hybridized carbons (Fsp3) is 0.333. The van der Waals surface area contributed by atoms with Gasteiger partial charge in [0.05, 0.1) is 22.7 Å². The van der Waals surface area contributed by atoms with Crippen molar-refractivity contribution in [3.63, 3.8) is 0 Å². The highest BCUT2D eigenvalue weighted by Crippen LogP contribution is 2.24. The Labute approximate surface area is 199 Å². The summed E-state index contributed by atoms with van der Waals surface area (Å²) in [6, 6.07) is 16.0. The van der Waals surface area contributed by atoms with Crippen molar-refractivity contribution in [3.05, 3.63) is 76.6 Å². The molecule has 7 nitrogen and oxygen atoms in total. The van der Waals surface area contributed by atoms with Gasteiger partial charge in [0.1, 0.15) is 5.15 Å². The van der Waals surface area contributed by atoms with Gasteiger partial charge in [-0.1, -0.05) is 54.8 Å². The van der Waals surface area contributed by atoms with Gasteiger partial charge in [0, 0.05) is 18.8 Å². The number of benzene rings is 2. The summed E-state index contributed by atoms with van der Waals surface area (Å²) in [6.45, 7) is 3.28. The number of rotatable bonds is 6. The first-order chi connectivity index (χ1) is 15.9. The number of hydrogen-bond donors (Lipinski definition) is 1. The van der Waals surface area contributed by atoms with E-state index in [0.29, 0.717) is 36.6 Å². The first-order valence-electron chi connectivity index (χ1n) is 11.0. The lowest BCUT2D eigenvalue weighted by Gasteiger charge is -2.20. The molecule has 1 saturated heterocycles. The summed E-state index contributed by atoms with van der Waals surface area (Å²) in [6.07, 6.45) is 3.87. The van der Waals surface area contributed by atoms with Crippen molar-refractivity contribution in [1.29, 1.82) is 0 Å². The summed E-state index contributed by atoms with van der Waals surface area (Å²) in [5.41, 5.74) is 2.33. The molecular formula is C24H27ClN4O3S. The molecule has 0 aliphatic carbocycles. The SMILES string of the molecule is Cc1nn(Cc2ccccc2)c(Cl)c1C(=O)Nc1ccc(S(=O)(=O)N2CCCCCC2)cc1. The van der Waals surface area contributed by atoms with Gasteiger partial charge < -0.3 is 5.32 Å². The Morgan fingerprint density at radius 2 is 1.64 bits per heavy atom. The van der Waals surface area contributed by atoms with E-state index in [2.05, 4.69) is 10.4 Å². The molecule has 0 radical (unpaired) electrons. The number of hydrogen-bond acceptors (Lipinski definition) is 4. The normalized spacial score (nSPS) is 15.2. The van der Waals surface area contributed by atoms with Crippen LogP contribution in [-0.4, -0.2) is 41.5 Å². The number of carbonyl (C=O) groups excluding carboxylic acids is 1. The van der Waals surface area contributed by atoms with Crippen LogP contribution in [0.3, 0.4) is 0 Å². The highest BCUT2D eigenvalue weighted by molar-refractivity contribution is 7.89. The fourth-order valence-corrected chi connectivity index (χ4v) is 5.84. The molecule has 2 heterocycles. The first-order valence-corrected chi connectivity index (χ1v) is 12.9. The van der Waals surface area contributed by atoms with Crippen molar-refractivity contribution in [2.75, 3.05) is 18.4 Å². The molecule has 0 atom stereocenters. The number of carbonyl (C=O) groups is 1. The van der Waals surface area contributed by atoms with Crippen LogP contribution in [0.1, 0.15) is 47.3 Å².